The van der Waals surface area contributed by atoms with Crippen LogP contribution in [0.15, 0.2) is 18.3 Å². The Balaban J connectivity index is 1.97. The number of piperidine rings is 1. The standard InChI is InChI=1S/C13H21N3O/c14-13-5-4-11(9-15-13)10-16-7-2-1-3-12(16)6-8-17/h4-5,9,12,17H,1-3,6-8,10H2,(H2,14,15). The molecule has 3 N–H and O–H groups in total. The largest absolute Gasteiger partial charge is 0.396 e. The van der Waals surface area contributed by atoms with Crippen LogP contribution in [0.5, 0.6) is 0 Å². The number of aliphatic hydroxyl groups excluding tert-OH is 1. The number of nitrogens with zero attached hydrogens (tertiary/aromatic N) is 2. The fraction of sp³-hybridized carbons (Fsp3) is 0.615. The zero-order valence-corrected chi connectivity index (χ0v) is 10.2. The summed E-state index contributed by atoms with van der Waals surface area (Å²) in [6.45, 7) is 2.31. The van der Waals surface area contributed by atoms with Crippen LogP contribution in [0, 0.1) is 0 Å². The molecule has 0 aromatic carbocycles. The maximum Gasteiger partial charge on any atom is 0.123 e. The second kappa shape index (κ2) is 5.98. The molecule has 4 nitrogen and oxygen atoms in total. The van der Waals surface area contributed by atoms with Crippen molar-refractivity contribution in [1.82, 2.24) is 9.88 Å². The number of nitrogens with two attached hydrogens (primary N) is 1. The van der Waals surface area contributed by atoms with Crippen molar-refractivity contribution < 1.29 is 5.11 Å². The monoisotopic (exact) mass is 235 g/mol. The van der Waals surface area contributed by atoms with Gasteiger partial charge < -0.3 is 10.8 Å². The van der Waals surface area contributed by atoms with Gasteiger partial charge in [-0.1, -0.05) is 12.5 Å². The first kappa shape index (κ1) is 12.3. The van der Waals surface area contributed by atoms with Crippen LogP contribution in [0.3, 0.4) is 0 Å². The summed E-state index contributed by atoms with van der Waals surface area (Å²) in [7, 11) is 0. The molecule has 0 amide bonds. The molecule has 17 heavy (non-hydrogen) atoms. The SMILES string of the molecule is Nc1ccc(CN2CCCCC2CCO)cn1. The molecule has 1 atom stereocenters. The predicted octanol–water partition coefficient (Wildman–Crippen LogP) is 1.40. The Morgan fingerprint density at radius 3 is 3.00 bits per heavy atom. The number of hydrogen-bond acceptors (Lipinski definition) is 4. The number of aliphatic hydroxyl groups is 1. The van der Waals surface area contributed by atoms with E-state index in [0.717, 1.165) is 19.5 Å². The van der Waals surface area contributed by atoms with E-state index in [1.807, 2.05) is 18.3 Å². The van der Waals surface area contributed by atoms with Gasteiger partial charge in [0.05, 0.1) is 0 Å². The second-order valence-corrected chi connectivity index (χ2v) is 4.72. The van der Waals surface area contributed by atoms with Crippen molar-refractivity contribution in [3.8, 4) is 0 Å². The van der Waals surface area contributed by atoms with Crippen LogP contribution in [-0.2, 0) is 6.54 Å². The van der Waals surface area contributed by atoms with Crippen molar-refractivity contribution >= 4 is 5.82 Å². The fourth-order valence-corrected chi connectivity index (χ4v) is 2.51. The van der Waals surface area contributed by atoms with Crippen molar-refractivity contribution in [2.75, 3.05) is 18.9 Å². The summed E-state index contributed by atoms with van der Waals surface area (Å²) in [5.41, 5.74) is 6.78. The van der Waals surface area contributed by atoms with Crippen LogP contribution < -0.4 is 5.73 Å². The molecule has 0 aliphatic carbocycles. The number of pyridine rings is 1. The molecular weight excluding hydrogens is 214 g/mol. The normalized spacial score (nSPS) is 21.6. The maximum absolute atomic E-state index is 9.08. The van der Waals surface area contributed by atoms with Crippen LogP contribution in [0.25, 0.3) is 0 Å². The lowest BCUT2D eigenvalue weighted by Crippen LogP contribution is -2.39. The second-order valence-electron chi connectivity index (χ2n) is 4.72. The van der Waals surface area contributed by atoms with Crippen molar-refractivity contribution in [1.29, 1.82) is 0 Å². The third-order valence-corrected chi connectivity index (χ3v) is 3.44. The minimum atomic E-state index is 0.279. The molecule has 1 unspecified atom stereocenters. The van der Waals surface area contributed by atoms with Gasteiger partial charge in [-0.2, -0.15) is 0 Å². The van der Waals surface area contributed by atoms with Gasteiger partial charge in [-0.05, 0) is 37.4 Å². The summed E-state index contributed by atoms with van der Waals surface area (Å²) in [4.78, 5) is 6.57. The van der Waals surface area contributed by atoms with Crippen molar-refractivity contribution in [2.24, 2.45) is 0 Å². The Labute approximate surface area is 102 Å². The van der Waals surface area contributed by atoms with Gasteiger partial charge in [-0.15, -0.1) is 0 Å². The molecule has 2 rings (SSSR count). The highest BCUT2D eigenvalue weighted by molar-refractivity contribution is 5.29. The fourth-order valence-electron chi connectivity index (χ4n) is 2.51. The molecule has 0 saturated carbocycles. The van der Waals surface area contributed by atoms with Crippen molar-refractivity contribution in [3.63, 3.8) is 0 Å². The van der Waals surface area contributed by atoms with Crippen molar-refractivity contribution in [2.45, 2.75) is 38.3 Å². The molecule has 0 radical (unpaired) electrons. The van der Waals surface area contributed by atoms with E-state index in [1.165, 1.54) is 24.8 Å². The van der Waals surface area contributed by atoms with E-state index in [4.69, 9.17) is 10.8 Å². The topological polar surface area (TPSA) is 62.4 Å². The number of likely N-dealkylation sites (tertiary alicyclic amines) is 1. The summed E-state index contributed by atoms with van der Waals surface area (Å²) in [5, 5.41) is 9.08. The summed E-state index contributed by atoms with van der Waals surface area (Å²) in [6.07, 6.45) is 6.46. The number of anilines is 1. The molecule has 0 bridgehead atoms. The molecule has 1 fully saturated rings. The van der Waals surface area contributed by atoms with Gasteiger partial charge in [-0.25, -0.2) is 4.98 Å². The van der Waals surface area contributed by atoms with Gasteiger partial charge in [0, 0.05) is 25.4 Å². The van der Waals surface area contributed by atoms with Crippen molar-refractivity contribution in [3.05, 3.63) is 23.9 Å². The lowest BCUT2D eigenvalue weighted by Gasteiger charge is -2.35. The molecule has 1 aliphatic rings. The summed E-state index contributed by atoms with van der Waals surface area (Å²) in [5.74, 6) is 0.569. The lowest BCUT2D eigenvalue weighted by molar-refractivity contribution is 0.112. The highest BCUT2D eigenvalue weighted by Crippen LogP contribution is 2.21. The van der Waals surface area contributed by atoms with E-state index < -0.39 is 0 Å². The summed E-state index contributed by atoms with van der Waals surface area (Å²) >= 11 is 0. The van der Waals surface area contributed by atoms with E-state index in [2.05, 4.69) is 9.88 Å². The molecule has 1 saturated heterocycles. The third-order valence-electron chi connectivity index (χ3n) is 3.44. The van der Waals surface area contributed by atoms with E-state index in [9.17, 15) is 0 Å². The number of nitrogen functional groups attached to an aromatic ring is 1. The van der Waals surface area contributed by atoms with E-state index in [0.29, 0.717) is 11.9 Å². The van der Waals surface area contributed by atoms with E-state index in [-0.39, 0.29) is 6.61 Å². The lowest BCUT2D eigenvalue weighted by atomic mass is 9.99. The Morgan fingerprint density at radius 1 is 1.41 bits per heavy atom. The van der Waals surface area contributed by atoms with Crippen LogP contribution in [0.4, 0.5) is 5.82 Å². The third kappa shape index (κ3) is 3.41. The molecule has 1 aromatic rings. The van der Waals surface area contributed by atoms with Crippen LogP contribution in [0.2, 0.25) is 0 Å². The van der Waals surface area contributed by atoms with E-state index in [1.54, 1.807) is 0 Å². The van der Waals surface area contributed by atoms with Gasteiger partial charge in [0.1, 0.15) is 5.82 Å². The minimum Gasteiger partial charge on any atom is -0.396 e. The Morgan fingerprint density at radius 2 is 2.29 bits per heavy atom. The Bertz CT molecular complexity index is 337. The molecule has 94 valence electrons. The van der Waals surface area contributed by atoms with Crippen LogP contribution >= 0.6 is 0 Å². The van der Waals surface area contributed by atoms with Gasteiger partial charge in [0.25, 0.3) is 0 Å². The maximum atomic E-state index is 9.08. The zero-order chi connectivity index (χ0) is 12.1. The average molecular weight is 235 g/mol. The number of rotatable bonds is 4. The quantitative estimate of drug-likeness (QED) is 0.828. The smallest absolute Gasteiger partial charge is 0.123 e. The van der Waals surface area contributed by atoms with Crippen LogP contribution in [-0.4, -0.2) is 34.2 Å². The minimum absolute atomic E-state index is 0.279. The molecule has 0 spiro atoms. The van der Waals surface area contributed by atoms with Crippen LogP contribution in [0.1, 0.15) is 31.2 Å². The highest BCUT2D eigenvalue weighted by atomic mass is 16.3. The van der Waals surface area contributed by atoms with Gasteiger partial charge in [0.15, 0.2) is 0 Å². The Kier molecular flexibility index (Phi) is 4.34. The zero-order valence-electron chi connectivity index (χ0n) is 10.2. The predicted molar refractivity (Wildman–Crippen MR) is 68.4 cm³/mol. The molecule has 1 aromatic heterocycles. The highest BCUT2D eigenvalue weighted by Gasteiger charge is 2.21. The first-order valence-electron chi connectivity index (χ1n) is 6.35. The average Bonchev–Trinajstić information content (AvgIpc) is 2.35. The molecule has 4 heteroatoms. The summed E-state index contributed by atoms with van der Waals surface area (Å²) < 4.78 is 0. The first-order chi connectivity index (χ1) is 8.29. The van der Waals surface area contributed by atoms with Gasteiger partial charge >= 0.3 is 0 Å². The molecular formula is C13H21N3O. The molecule has 2 heterocycles. The number of aromatic nitrogens is 1. The summed E-state index contributed by atoms with van der Waals surface area (Å²) in [6, 6.07) is 4.40. The van der Waals surface area contributed by atoms with Gasteiger partial charge in [0.2, 0.25) is 0 Å². The first-order valence-corrected chi connectivity index (χ1v) is 6.35. The number of hydrogen-bond donors (Lipinski definition) is 2. The Hall–Kier alpha value is -1.13. The van der Waals surface area contributed by atoms with E-state index >= 15 is 0 Å². The van der Waals surface area contributed by atoms with Gasteiger partial charge in [-0.3, -0.25) is 4.90 Å². The molecule has 1 aliphatic heterocycles.